The Kier molecular flexibility index (Phi) is 7.06. The van der Waals surface area contributed by atoms with Crippen LogP contribution in [0.5, 0.6) is 0 Å². The van der Waals surface area contributed by atoms with Gasteiger partial charge in [-0.15, -0.1) is 0 Å². The third-order valence-corrected chi connectivity index (χ3v) is 6.91. The van der Waals surface area contributed by atoms with Crippen molar-refractivity contribution in [1.82, 2.24) is 10.3 Å². The Hall–Kier alpha value is -3.86. The van der Waals surface area contributed by atoms with Crippen molar-refractivity contribution < 1.29 is 9.59 Å². The molecule has 2 N–H and O–H groups in total. The second-order valence-electron chi connectivity index (χ2n) is 9.36. The number of nitrogens with zero attached hydrogens (tertiary/aromatic N) is 1. The SMILES string of the molecule is Cc1cc(N(C)C(=O)[C@H](Cc2ccccc2)NC(=O)Cc2c(C)[nH]c3ccccc23)cc(C)c1C. The van der Waals surface area contributed by atoms with Crippen LogP contribution in [0.4, 0.5) is 5.69 Å². The van der Waals surface area contributed by atoms with Crippen LogP contribution in [0.1, 0.15) is 33.5 Å². The molecule has 0 aliphatic heterocycles. The van der Waals surface area contributed by atoms with E-state index in [2.05, 4.69) is 31.1 Å². The maximum Gasteiger partial charge on any atom is 0.249 e. The highest BCUT2D eigenvalue weighted by atomic mass is 16.2. The average molecular weight is 468 g/mol. The van der Waals surface area contributed by atoms with Gasteiger partial charge in [0.2, 0.25) is 11.8 Å². The molecule has 1 aromatic heterocycles. The number of carbonyl (C=O) groups is 2. The van der Waals surface area contributed by atoms with Gasteiger partial charge in [-0.1, -0.05) is 48.5 Å². The van der Waals surface area contributed by atoms with E-state index in [0.717, 1.165) is 44.5 Å². The summed E-state index contributed by atoms with van der Waals surface area (Å²) in [5, 5.41) is 4.08. The van der Waals surface area contributed by atoms with Gasteiger partial charge in [-0.2, -0.15) is 0 Å². The first-order valence-electron chi connectivity index (χ1n) is 12.0. The van der Waals surface area contributed by atoms with Gasteiger partial charge in [-0.3, -0.25) is 9.59 Å². The van der Waals surface area contributed by atoms with Gasteiger partial charge >= 0.3 is 0 Å². The number of H-pyrrole nitrogens is 1. The Labute approximate surface area is 207 Å². The van der Waals surface area contributed by atoms with E-state index in [1.165, 1.54) is 5.56 Å². The Morgan fingerprint density at radius 1 is 0.914 bits per heavy atom. The molecule has 0 aliphatic rings. The summed E-state index contributed by atoms with van der Waals surface area (Å²) in [6.07, 6.45) is 0.632. The fraction of sp³-hybridized carbons (Fsp3) is 0.267. The number of fused-ring (bicyclic) bond motifs is 1. The van der Waals surface area contributed by atoms with Crippen LogP contribution >= 0.6 is 0 Å². The molecule has 0 spiro atoms. The summed E-state index contributed by atoms with van der Waals surface area (Å²) < 4.78 is 0. The maximum absolute atomic E-state index is 13.7. The van der Waals surface area contributed by atoms with Crippen LogP contribution in [0.15, 0.2) is 66.7 Å². The Balaban J connectivity index is 1.59. The van der Waals surface area contributed by atoms with Gasteiger partial charge in [0, 0.05) is 35.8 Å². The van der Waals surface area contributed by atoms with Gasteiger partial charge in [0.1, 0.15) is 6.04 Å². The normalized spacial score (nSPS) is 11.9. The molecule has 0 aliphatic carbocycles. The number of hydrogen-bond donors (Lipinski definition) is 2. The lowest BCUT2D eigenvalue weighted by Gasteiger charge is -2.26. The number of anilines is 1. The van der Waals surface area contributed by atoms with Crippen molar-refractivity contribution in [2.75, 3.05) is 11.9 Å². The Morgan fingerprint density at radius 3 is 2.23 bits per heavy atom. The molecule has 35 heavy (non-hydrogen) atoms. The number of likely N-dealkylation sites (N-methyl/N-ethyl adjacent to an activating group) is 1. The Bertz CT molecular complexity index is 1350. The lowest BCUT2D eigenvalue weighted by Crippen LogP contribution is -2.49. The molecule has 0 fully saturated rings. The molecule has 0 saturated heterocycles. The van der Waals surface area contributed by atoms with E-state index >= 15 is 0 Å². The summed E-state index contributed by atoms with van der Waals surface area (Å²) in [5.41, 5.74) is 8.26. The van der Waals surface area contributed by atoms with E-state index in [4.69, 9.17) is 0 Å². The summed E-state index contributed by atoms with van der Waals surface area (Å²) in [6.45, 7) is 8.17. The molecule has 4 aromatic rings. The second-order valence-corrected chi connectivity index (χ2v) is 9.36. The minimum absolute atomic E-state index is 0.138. The van der Waals surface area contributed by atoms with E-state index in [1.54, 1.807) is 11.9 Å². The molecule has 0 unspecified atom stereocenters. The first kappa shape index (κ1) is 24.3. The molecular weight excluding hydrogens is 434 g/mol. The largest absolute Gasteiger partial charge is 0.358 e. The van der Waals surface area contributed by atoms with Crippen molar-refractivity contribution >= 4 is 28.4 Å². The van der Waals surface area contributed by atoms with Gasteiger partial charge < -0.3 is 15.2 Å². The lowest BCUT2D eigenvalue weighted by atomic mass is 10.0. The predicted octanol–water partition coefficient (Wildman–Crippen LogP) is 5.33. The number of benzene rings is 3. The van der Waals surface area contributed by atoms with Crippen LogP contribution in [-0.4, -0.2) is 29.9 Å². The van der Waals surface area contributed by atoms with Gasteiger partial charge in [-0.25, -0.2) is 0 Å². The van der Waals surface area contributed by atoms with Crippen molar-refractivity contribution in [3.8, 4) is 0 Å². The number of para-hydroxylation sites is 1. The number of aromatic amines is 1. The van der Waals surface area contributed by atoms with Crippen molar-refractivity contribution in [1.29, 1.82) is 0 Å². The number of amides is 2. The number of hydrogen-bond acceptors (Lipinski definition) is 2. The van der Waals surface area contributed by atoms with Crippen LogP contribution in [0.3, 0.4) is 0 Å². The molecule has 5 heteroatoms. The predicted molar refractivity (Wildman–Crippen MR) is 143 cm³/mol. The van der Waals surface area contributed by atoms with Gasteiger partial charge in [0.05, 0.1) is 6.42 Å². The van der Waals surface area contributed by atoms with Crippen LogP contribution in [0.2, 0.25) is 0 Å². The lowest BCUT2D eigenvalue weighted by molar-refractivity contribution is -0.127. The number of nitrogens with one attached hydrogen (secondary N) is 2. The van der Waals surface area contributed by atoms with Crippen LogP contribution in [-0.2, 0) is 22.4 Å². The second kappa shape index (κ2) is 10.2. The highest BCUT2D eigenvalue weighted by Crippen LogP contribution is 2.24. The Morgan fingerprint density at radius 2 is 1.54 bits per heavy atom. The van der Waals surface area contributed by atoms with E-state index in [-0.39, 0.29) is 18.2 Å². The summed E-state index contributed by atoms with van der Waals surface area (Å²) in [5.74, 6) is -0.308. The molecular formula is C30H33N3O2. The third kappa shape index (κ3) is 5.29. The minimum Gasteiger partial charge on any atom is -0.358 e. The maximum atomic E-state index is 13.7. The van der Waals surface area contributed by atoms with E-state index in [9.17, 15) is 9.59 Å². The van der Waals surface area contributed by atoms with Crippen molar-refractivity contribution in [2.45, 2.75) is 46.6 Å². The zero-order chi connectivity index (χ0) is 25.1. The molecule has 5 nitrogen and oxygen atoms in total. The fourth-order valence-electron chi connectivity index (χ4n) is 4.59. The van der Waals surface area contributed by atoms with Crippen LogP contribution in [0.25, 0.3) is 10.9 Å². The molecule has 0 radical (unpaired) electrons. The van der Waals surface area contributed by atoms with Crippen molar-refractivity contribution in [2.24, 2.45) is 0 Å². The number of rotatable bonds is 7. The first-order valence-corrected chi connectivity index (χ1v) is 12.0. The highest BCUT2D eigenvalue weighted by molar-refractivity contribution is 6.00. The van der Waals surface area contributed by atoms with Gasteiger partial charge in [0.15, 0.2) is 0 Å². The topological polar surface area (TPSA) is 65.2 Å². The van der Waals surface area contributed by atoms with Gasteiger partial charge in [0.25, 0.3) is 0 Å². The number of aromatic nitrogens is 1. The monoisotopic (exact) mass is 467 g/mol. The molecule has 4 rings (SSSR count). The average Bonchev–Trinajstić information content (AvgIpc) is 3.16. The van der Waals surface area contributed by atoms with E-state index < -0.39 is 6.04 Å². The summed E-state index contributed by atoms with van der Waals surface area (Å²) in [4.78, 5) is 31.9. The van der Waals surface area contributed by atoms with Gasteiger partial charge in [-0.05, 0) is 73.7 Å². The molecule has 180 valence electrons. The molecule has 2 amide bonds. The van der Waals surface area contributed by atoms with Crippen molar-refractivity contribution in [3.05, 3.63) is 100 Å². The van der Waals surface area contributed by atoms with E-state index in [1.807, 2.05) is 73.7 Å². The molecule has 1 atom stereocenters. The van der Waals surface area contributed by atoms with Crippen LogP contribution in [0, 0.1) is 27.7 Å². The number of carbonyl (C=O) groups excluding carboxylic acids is 2. The number of aryl methyl sites for hydroxylation is 3. The summed E-state index contributed by atoms with van der Waals surface area (Å²) in [6, 6.07) is 21.1. The standard InChI is InChI=1S/C30H33N3O2/c1-19-15-24(16-20(2)21(19)3)33(5)30(35)28(17-23-11-7-6-8-12-23)32-29(34)18-26-22(4)31-27-14-10-9-13-25(26)27/h6-16,28,31H,17-18H2,1-5H3,(H,32,34)/t28-/m0/s1. The van der Waals surface area contributed by atoms with Crippen LogP contribution < -0.4 is 10.2 Å². The van der Waals surface area contributed by atoms with Crippen molar-refractivity contribution in [3.63, 3.8) is 0 Å². The first-order chi connectivity index (χ1) is 16.7. The molecule has 3 aromatic carbocycles. The molecule has 0 saturated carbocycles. The summed E-state index contributed by atoms with van der Waals surface area (Å²) >= 11 is 0. The molecule has 1 heterocycles. The van der Waals surface area contributed by atoms with E-state index in [0.29, 0.717) is 6.42 Å². The highest BCUT2D eigenvalue weighted by Gasteiger charge is 2.26. The third-order valence-electron chi connectivity index (χ3n) is 6.91. The summed E-state index contributed by atoms with van der Waals surface area (Å²) in [7, 11) is 1.78. The smallest absolute Gasteiger partial charge is 0.249 e. The minimum atomic E-state index is -0.678. The quantitative estimate of drug-likeness (QED) is 0.386. The zero-order valence-electron chi connectivity index (χ0n) is 21.1. The molecule has 0 bridgehead atoms. The zero-order valence-corrected chi connectivity index (χ0v) is 21.1. The fourth-order valence-corrected chi connectivity index (χ4v) is 4.59.